The zero-order valence-corrected chi connectivity index (χ0v) is 17.7. The van der Waals surface area contributed by atoms with Gasteiger partial charge in [0.1, 0.15) is 0 Å². The molecule has 0 radical (unpaired) electrons. The van der Waals surface area contributed by atoms with E-state index in [1.54, 1.807) is 7.11 Å². The third-order valence-electron chi connectivity index (χ3n) is 5.16. The lowest BCUT2D eigenvalue weighted by atomic mass is 10.2. The monoisotopic (exact) mass is 415 g/mol. The first-order valence-electron chi connectivity index (χ1n) is 9.70. The number of para-hydroxylation sites is 1. The molecule has 3 aromatic rings. The first-order valence-corrected chi connectivity index (χ1v) is 10.7. The van der Waals surface area contributed by atoms with E-state index in [1.165, 1.54) is 11.8 Å². The summed E-state index contributed by atoms with van der Waals surface area (Å²) in [5, 5.41) is 10.3. The summed E-state index contributed by atoms with van der Waals surface area (Å²) in [6.07, 6.45) is 0. The van der Waals surface area contributed by atoms with Gasteiger partial charge < -0.3 is 19.0 Å². The summed E-state index contributed by atoms with van der Waals surface area (Å²) in [5.41, 5.74) is 0.690. The van der Waals surface area contributed by atoms with Crippen LogP contribution < -0.4 is 4.74 Å². The van der Waals surface area contributed by atoms with Crippen molar-refractivity contribution < 1.29 is 13.9 Å². The Balaban J connectivity index is 1.52. The minimum absolute atomic E-state index is 0.142. The number of ether oxygens (including phenoxy) is 1. The fourth-order valence-electron chi connectivity index (χ4n) is 3.44. The molecule has 4 rings (SSSR count). The molecule has 9 heteroatoms. The quantitative estimate of drug-likeness (QED) is 0.573. The van der Waals surface area contributed by atoms with Gasteiger partial charge in [-0.15, -0.1) is 10.2 Å². The smallest absolute Gasteiger partial charge is 0.233 e. The van der Waals surface area contributed by atoms with Crippen molar-refractivity contribution in [3.63, 3.8) is 0 Å². The van der Waals surface area contributed by atoms with Crippen LogP contribution in [0.3, 0.4) is 0 Å². The molecule has 1 aliphatic rings. The molecule has 1 aliphatic heterocycles. The van der Waals surface area contributed by atoms with Crippen molar-refractivity contribution in [1.29, 1.82) is 0 Å². The molecule has 29 heavy (non-hydrogen) atoms. The molecule has 1 aromatic carbocycles. The first-order chi connectivity index (χ1) is 14.1. The average molecular weight is 416 g/mol. The third kappa shape index (κ3) is 3.97. The molecule has 3 heterocycles. The lowest BCUT2D eigenvalue weighted by molar-refractivity contribution is -0.129. The fourth-order valence-corrected chi connectivity index (χ4v) is 4.35. The van der Waals surface area contributed by atoms with Gasteiger partial charge in [0, 0.05) is 38.1 Å². The van der Waals surface area contributed by atoms with Crippen LogP contribution in [0, 0.1) is 0 Å². The molecule has 0 atom stereocenters. The van der Waals surface area contributed by atoms with Gasteiger partial charge in [0.15, 0.2) is 22.2 Å². The van der Waals surface area contributed by atoms with Crippen LogP contribution in [0.25, 0.3) is 22.6 Å². The van der Waals surface area contributed by atoms with Crippen molar-refractivity contribution in [3.05, 3.63) is 24.3 Å². The van der Waals surface area contributed by atoms with Gasteiger partial charge in [-0.05, 0) is 26.1 Å². The number of benzene rings is 1. The summed E-state index contributed by atoms with van der Waals surface area (Å²) in [6, 6.07) is 7.71. The van der Waals surface area contributed by atoms with Gasteiger partial charge in [0.2, 0.25) is 11.7 Å². The van der Waals surface area contributed by atoms with Gasteiger partial charge in [0.05, 0.1) is 12.9 Å². The summed E-state index contributed by atoms with van der Waals surface area (Å²) < 4.78 is 13.4. The van der Waals surface area contributed by atoms with Crippen molar-refractivity contribution in [2.75, 3.05) is 46.1 Å². The van der Waals surface area contributed by atoms with E-state index in [-0.39, 0.29) is 5.91 Å². The summed E-state index contributed by atoms with van der Waals surface area (Å²) in [5.74, 6) is 2.47. The summed E-state index contributed by atoms with van der Waals surface area (Å²) >= 11 is 1.42. The van der Waals surface area contributed by atoms with Crippen LogP contribution in [0.15, 0.2) is 33.8 Å². The Morgan fingerprint density at radius 1 is 1.24 bits per heavy atom. The Morgan fingerprint density at radius 2 is 2.03 bits per heavy atom. The highest BCUT2D eigenvalue weighted by atomic mass is 32.2. The third-order valence-corrected chi connectivity index (χ3v) is 6.11. The number of hydrogen-bond donors (Lipinski definition) is 0. The number of rotatable bonds is 6. The summed E-state index contributed by atoms with van der Waals surface area (Å²) in [4.78, 5) is 16.7. The van der Waals surface area contributed by atoms with E-state index in [4.69, 9.17) is 9.15 Å². The fraction of sp³-hybridized carbons (Fsp3) is 0.450. The van der Waals surface area contributed by atoms with E-state index in [2.05, 4.69) is 22.1 Å². The van der Waals surface area contributed by atoms with Gasteiger partial charge in [-0.25, -0.2) is 0 Å². The minimum atomic E-state index is 0.142. The molecule has 0 N–H and O–H groups in total. The van der Waals surface area contributed by atoms with Gasteiger partial charge in [-0.1, -0.05) is 23.9 Å². The van der Waals surface area contributed by atoms with Crippen LogP contribution in [0.2, 0.25) is 0 Å². The number of nitrogens with zero attached hydrogens (tertiary/aromatic N) is 5. The number of amides is 1. The molecule has 0 saturated carbocycles. The van der Waals surface area contributed by atoms with Crippen molar-refractivity contribution in [2.45, 2.75) is 18.6 Å². The second-order valence-electron chi connectivity index (χ2n) is 7.01. The van der Waals surface area contributed by atoms with Crippen molar-refractivity contribution >= 4 is 28.6 Å². The number of piperazine rings is 1. The molecular weight excluding hydrogens is 390 g/mol. The number of methoxy groups -OCH3 is 1. The minimum Gasteiger partial charge on any atom is -0.493 e. The normalized spacial score (nSPS) is 15.2. The Morgan fingerprint density at radius 3 is 2.76 bits per heavy atom. The Bertz CT molecular complexity index is 1010. The van der Waals surface area contributed by atoms with Crippen molar-refractivity contribution in [1.82, 2.24) is 24.6 Å². The predicted molar refractivity (Wildman–Crippen MR) is 112 cm³/mol. The van der Waals surface area contributed by atoms with Gasteiger partial charge in [0.25, 0.3) is 0 Å². The van der Waals surface area contributed by atoms with Crippen molar-refractivity contribution in [2.24, 2.45) is 0 Å². The van der Waals surface area contributed by atoms with Gasteiger partial charge in [-0.2, -0.15) is 0 Å². The lowest BCUT2D eigenvalue weighted by Crippen LogP contribution is -2.47. The number of hydrogen-bond acceptors (Lipinski definition) is 7. The van der Waals surface area contributed by atoms with E-state index in [9.17, 15) is 4.79 Å². The Kier molecular flexibility index (Phi) is 5.77. The lowest BCUT2D eigenvalue weighted by Gasteiger charge is -2.32. The molecule has 154 valence electrons. The molecule has 1 fully saturated rings. The number of carbonyl (C=O) groups is 1. The largest absolute Gasteiger partial charge is 0.493 e. The molecule has 0 bridgehead atoms. The number of carbonyl (C=O) groups excluding carboxylic acids is 1. The Hall–Kier alpha value is -2.52. The SMILES string of the molecule is CCn1c(SCC(=O)N2CCN(C)CC2)nnc1-c1cc2cccc(OC)c2o1. The highest BCUT2D eigenvalue weighted by Crippen LogP contribution is 2.33. The van der Waals surface area contributed by atoms with E-state index < -0.39 is 0 Å². The molecule has 0 spiro atoms. The van der Waals surface area contributed by atoms with Crippen LogP contribution in [0.4, 0.5) is 0 Å². The second kappa shape index (κ2) is 8.46. The predicted octanol–water partition coefficient (Wildman–Crippen LogP) is 2.59. The topological polar surface area (TPSA) is 76.6 Å². The molecule has 0 unspecified atom stereocenters. The average Bonchev–Trinajstić information content (AvgIpc) is 3.35. The summed E-state index contributed by atoms with van der Waals surface area (Å²) in [6.45, 7) is 6.11. The molecule has 1 amide bonds. The van der Waals surface area contributed by atoms with Crippen molar-refractivity contribution in [3.8, 4) is 17.3 Å². The van der Waals surface area contributed by atoms with Gasteiger partial charge >= 0.3 is 0 Å². The Labute approximate surface area is 173 Å². The highest BCUT2D eigenvalue weighted by Gasteiger charge is 2.22. The molecule has 1 saturated heterocycles. The first kappa shape index (κ1) is 19.8. The maximum absolute atomic E-state index is 12.5. The highest BCUT2D eigenvalue weighted by molar-refractivity contribution is 7.99. The molecule has 8 nitrogen and oxygen atoms in total. The van der Waals surface area contributed by atoms with E-state index in [1.807, 2.05) is 40.7 Å². The summed E-state index contributed by atoms with van der Waals surface area (Å²) in [7, 11) is 3.70. The van der Waals surface area contributed by atoms with Crippen LogP contribution in [0.1, 0.15) is 6.92 Å². The molecule has 2 aromatic heterocycles. The van der Waals surface area contributed by atoms with E-state index >= 15 is 0 Å². The van der Waals surface area contributed by atoms with E-state index in [0.717, 1.165) is 36.7 Å². The van der Waals surface area contributed by atoms with Crippen LogP contribution in [-0.2, 0) is 11.3 Å². The standard InChI is InChI=1S/C20H25N5O3S/c1-4-25-19(16-12-14-6-5-7-15(27-3)18(14)28-16)21-22-20(25)29-13-17(26)24-10-8-23(2)9-11-24/h5-7,12H,4,8-11,13H2,1-3H3. The van der Waals surface area contributed by atoms with Crippen LogP contribution in [-0.4, -0.2) is 76.6 Å². The maximum atomic E-state index is 12.5. The number of aromatic nitrogens is 3. The number of fused-ring (bicyclic) bond motifs is 1. The number of thioether (sulfide) groups is 1. The van der Waals surface area contributed by atoms with E-state index in [0.29, 0.717) is 35.2 Å². The second-order valence-corrected chi connectivity index (χ2v) is 7.95. The zero-order valence-electron chi connectivity index (χ0n) is 16.9. The number of likely N-dealkylation sites (N-methyl/N-ethyl adjacent to an activating group) is 1. The van der Waals surface area contributed by atoms with Crippen LogP contribution in [0.5, 0.6) is 5.75 Å². The maximum Gasteiger partial charge on any atom is 0.233 e. The van der Waals surface area contributed by atoms with Crippen LogP contribution >= 0.6 is 11.8 Å². The number of furan rings is 1. The molecular formula is C20H25N5O3S. The van der Waals surface area contributed by atoms with Gasteiger partial charge in [-0.3, -0.25) is 9.36 Å². The molecule has 0 aliphatic carbocycles. The zero-order chi connectivity index (χ0) is 20.4.